The van der Waals surface area contributed by atoms with E-state index >= 15 is 0 Å². The maximum Gasteiger partial charge on any atom is 1.00 e. The van der Waals surface area contributed by atoms with Gasteiger partial charge in [-0.15, -0.1) is 0 Å². The van der Waals surface area contributed by atoms with E-state index in [1.165, 1.54) is 0 Å². The van der Waals surface area contributed by atoms with Crippen LogP contribution >= 0.6 is 0 Å². The van der Waals surface area contributed by atoms with Crippen LogP contribution in [0.3, 0.4) is 0 Å². The Bertz CT molecular complexity index is 420. The van der Waals surface area contributed by atoms with Crippen LogP contribution < -0.4 is 29.6 Å². The molecule has 3 nitrogen and oxygen atoms in total. The molecule has 0 rings (SSSR count). The molecule has 0 saturated heterocycles. The molecule has 2 atom stereocenters. The molecule has 0 spiro atoms. The van der Waals surface area contributed by atoms with Crippen molar-refractivity contribution in [3.63, 3.8) is 0 Å². The van der Waals surface area contributed by atoms with Crippen LogP contribution in [0.4, 0.5) is 30.7 Å². The molecule has 0 radical (unpaired) electrons. The monoisotopic (exact) mass is 342 g/mol. The third-order valence-corrected chi connectivity index (χ3v) is 4.41. The van der Waals surface area contributed by atoms with Gasteiger partial charge in [-0.25, -0.2) is 12.8 Å². The Balaban J connectivity index is 0. The molecule has 0 saturated carbocycles. The molecule has 0 amide bonds. The molecular weight excluding hydrogens is 332 g/mol. The molecule has 12 heteroatoms. The van der Waals surface area contributed by atoms with Gasteiger partial charge in [-0.3, -0.25) is 0 Å². The predicted molar refractivity (Wildman–Crippen MR) is 48.9 cm³/mol. The van der Waals surface area contributed by atoms with Crippen LogP contribution in [0.1, 0.15) is 20.8 Å². The molecule has 0 aromatic rings. The van der Waals surface area contributed by atoms with Crippen LogP contribution in [-0.2, 0) is 10.1 Å². The Labute approximate surface area is 132 Å². The van der Waals surface area contributed by atoms with E-state index in [-0.39, 0.29) is 29.6 Å². The molecule has 0 aliphatic carbocycles. The van der Waals surface area contributed by atoms with Gasteiger partial charge in [0.2, 0.25) is 6.17 Å². The maximum atomic E-state index is 13.3. The summed E-state index contributed by atoms with van der Waals surface area (Å²) in [4.78, 5) is 0. The second-order valence-corrected chi connectivity index (χ2v) is 6.39. The van der Waals surface area contributed by atoms with Gasteiger partial charge in [-0.2, -0.15) is 26.3 Å². The van der Waals surface area contributed by atoms with E-state index < -0.39 is 38.8 Å². The van der Waals surface area contributed by atoms with E-state index in [0.717, 1.165) is 0 Å². The quantitative estimate of drug-likeness (QED) is 0.396. The Morgan fingerprint density at radius 2 is 1.25 bits per heavy atom. The summed E-state index contributed by atoms with van der Waals surface area (Å²) < 4.78 is 116. The van der Waals surface area contributed by atoms with Crippen LogP contribution in [0.25, 0.3) is 0 Å². The number of halogens is 7. The topological polar surface area (TPSA) is 57.2 Å². The van der Waals surface area contributed by atoms with Crippen LogP contribution in [0.5, 0.6) is 0 Å². The fraction of sp³-hybridized carbons (Fsp3) is 1.00. The molecule has 0 aliphatic heterocycles. The van der Waals surface area contributed by atoms with Crippen LogP contribution in [0.2, 0.25) is 0 Å². The minimum absolute atomic E-state index is 0. The zero-order valence-corrected chi connectivity index (χ0v) is 13.7. The van der Waals surface area contributed by atoms with Crippen LogP contribution in [-0.4, -0.2) is 36.2 Å². The first-order valence-electron chi connectivity index (χ1n) is 4.63. The van der Waals surface area contributed by atoms with Gasteiger partial charge in [-0.05, 0) is 5.41 Å². The molecule has 0 fully saturated rings. The third-order valence-electron chi connectivity index (χ3n) is 2.57. The van der Waals surface area contributed by atoms with Gasteiger partial charge in [-0.1, -0.05) is 20.8 Å². The first-order valence-corrected chi connectivity index (χ1v) is 6.04. The number of hydrogen-bond acceptors (Lipinski definition) is 3. The van der Waals surface area contributed by atoms with E-state index in [0.29, 0.717) is 20.8 Å². The van der Waals surface area contributed by atoms with Crippen LogP contribution in [0, 0.1) is 5.41 Å². The van der Waals surface area contributed by atoms with Crippen molar-refractivity contribution in [3.05, 3.63) is 0 Å². The van der Waals surface area contributed by atoms with Gasteiger partial charge in [0, 0.05) is 0 Å². The summed E-state index contributed by atoms with van der Waals surface area (Å²) in [6, 6.07) is 0. The van der Waals surface area contributed by atoms with E-state index in [1.54, 1.807) is 0 Å². The summed E-state index contributed by atoms with van der Waals surface area (Å²) in [6.07, 6.45) is -17.3. The summed E-state index contributed by atoms with van der Waals surface area (Å²) in [6.45, 7) is 1.19. The molecule has 0 aromatic heterocycles. The maximum absolute atomic E-state index is 13.3. The fourth-order valence-corrected chi connectivity index (χ4v) is 3.24. The standard InChI is InChI=1S/C8H11F7O3S.Na/c1-5(2,3)6(8(13,14)15,19(16,17)18)4(9)7(10,11)12;/h4H,1-3H3,(H,16,17,18);/q;+1/p-1. The summed E-state index contributed by atoms with van der Waals surface area (Å²) in [5.74, 6) is 0. The van der Waals surface area contributed by atoms with Crippen molar-refractivity contribution in [2.75, 3.05) is 0 Å². The normalized spacial score (nSPS) is 18.9. The van der Waals surface area contributed by atoms with E-state index in [1.807, 2.05) is 0 Å². The molecule has 20 heavy (non-hydrogen) atoms. The molecule has 2 unspecified atom stereocenters. The van der Waals surface area contributed by atoms with Crippen molar-refractivity contribution in [3.8, 4) is 0 Å². The van der Waals surface area contributed by atoms with Crippen molar-refractivity contribution in [2.45, 2.75) is 44.0 Å². The zero-order valence-electron chi connectivity index (χ0n) is 10.9. The first kappa shape index (κ1) is 22.7. The smallest absolute Gasteiger partial charge is 0.747 e. The van der Waals surface area contributed by atoms with E-state index in [2.05, 4.69) is 0 Å². The van der Waals surface area contributed by atoms with Crippen molar-refractivity contribution in [1.82, 2.24) is 0 Å². The summed E-state index contributed by atoms with van der Waals surface area (Å²) in [7, 11) is -6.69. The van der Waals surface area contributed by atoms with Crippen LogP contribution in [0.15, 0.2) is 0 Å². The Hall–Kier alpha value is 0.420. The zero-order chi connectivity index (χ0) is 16.1. The molecule has 116 valence electrons. The summed E-state index contributed by atoms with van der Waals surface area (Å²) in [5, 5.41) is 0. The predicted octanol–water partition coefficient (Wildman–Crippen LogP) is -0.217. The largest absolute Gasteiger partial charge is 1.00 e. The van der Waals surface area contributed by atoms with E-state index in [4.69, 9.17) is 0 Å². The van der Waals surface area contributed by atoms with Crippen molar-refractivity contribution < 1.29 is 73.3 Å². The SMILES string of the molecule is CC(C)(C)C(C(F)C(F)(F)F)(C(F)(F)F)S(=O)(=O)[O-].[Na+]. The number of rotatable bonds is 2. The van der Waals surface area contributed by atoms with Gasteiger partial charge < -0.3 is 4.55 Å². The second-order valence-electron chi connectivity index (χ2n) is 4.84. The Morgan fingerprint density at radius 3 is 1.30 bits per heavy atom. The minimum atomic E-state index is -6.69. The molecule has 0 heterocycles. The fourth-order valence-electron chi connectivity index (χ4n) is 1.82. The van der Waals surface area contributed by atoms with Crippen molar-refractivity contribution in [1.29, 1.82) is 0 Å². The Kier molecular flexibility index (Phi) is 6.70. The number of hydrogen-bond donors (Lipinski definition) is 0. The Morgan fingerprint density at radius 1 is 0.950 bits per heavy atom. The van der Waals surface area contributed by atoms with Gasteiger partial charge in [0.1, 0.15) is 10.1 Å². The van der Waals surface area contributed by atoms with Crippen molar-refractivity contribution >= 4 is 10.1 Å². The molecule has 0 N–H and O–H groups in total. The molecule has 0 aromatic carbocycles. The van der Waals surface area contributed by atoms with Gasteiger partial charge >= 0.3 is 41.9 Å². The third kappa shape index (κ3) is 3.60. The summed E-state index contributed by atoms with van der Waals surface area (Å²) >= 11 is 0. The van der Waals surface area contributed by atoms with Gasteiger partial charge in [0.15, 0.2) is 4.75 Å². The van der Waals surface area contributed by atoms with Gasteiger partial charge in [0.25, 0.3) is 0 Å². The van der Waals surface area contributed by atoms with E-state index in [9.17, 15) is 43.7 Å². The van der Waals surface area contributed by atoms with Crippen molar-refractivity contribution in [2.24, 2.45) is 5.41 Å². The molecule has 0 aliphatic rings. The molecular formula is C8H10F7NaO3S. The first-order chi connectivity index (χ1) is 7.90. The van der Waals surface area contributed by atoms with Gasteiger partial charge in [0.05, 0.1) is 0 Å². The average molecular weight is 342 g/mol. The minimum Gasteiger partial charge on any atom is -0.747 e. The summed E-state index contributed by atoms with van der Waals surface area (Å²) in [5.41, 5.74) is -2.86. The number of alkyl halides is 7. The average Bonchev–Trinajstić information content (AvgIpc) is 1.92. The second kappa shape index (κ2) is 5.90. The molecule has 0 bridgehead atoms.